The molecule has 0 spiro atoms. The first-order chi connectivity index (χ1) is 23.5. The summed E-state index contributed by atoms with van der Waals surface area (Å²) in [6.45, 7) is 5.68. The number of H-pyrrole nitrogens is 1. The van der Waals surface area contributed by atoms with E-state index in [0.29, 0.717) is 87.0 Å². The van der Waals surface area contributed by atoms with Crippen molar-refractivity contribution in [3.8, 4) is 39.5 Å². The second-order valence-corrected chi connectivity index (χ2v) is 13.7. The lowest BCUT2D eigenvalue weighted by molar-refractivity contribution is -0.126. The first-order valence-corrected chi connectivity index (χ1v) is 16.9. The van der Waals surface area contributed by atoms with E-state index in [1.165, 1.54) is 7.11 Å². The molecule has 2 aromatic heterocycles. The van der Waals surface area contributed by atoms with Crippen molar-refractivity contribution in [2.75, 3.05) is 20.2 Å². The van der Waals surface area contributed by atoms with E-state index in [0.717, 1.165) is 12.8 Å². The molecular weight excluding hydrogens is 667 g/mol. The summed E-state index contributed by atoms with van der Waals surface area (Å²) in [6, 6.07) is 11.2. The van der Waals surface area contributed by atoms with Crippen LogP contribution in [0.2, 0.25) is 10.0 Å². The summed E-state index contributed by atoms with van der Waals surface area (Å²) in [5.41, 5.74) is 3.81. The zero-order valence-electron chi connectivity index (χ0n) is 27.5. The molecule has 0 saturated carbocycles. The summed E-state index contributed by atoms with van der Waals surface area (Å²) in [7, 11) is 1.54. The van der Waals surface area contributed by atoms with E-state index >= 15 is 0 Å². The molecule has 0 aliphatic carbocycles. The predicted molar refractivity (Wildman–Crippen MR) is 188 cm³/mol. The van der Waals surface area contributed by atoms with Gasteiger partial charge in [-0.05, 0) is 12.8 Å². The van der Waals surface area contributed by atoms with Gasteiger partial charge >= 0.3 is 0 Å². The van der Waals surface area contributed by atoms with Gasteiger partial charge in [0, 0.05) is 72.4 Å². The van der Waals surface area contributed by atoms with Gasteiger partial charge in [-0.25, -0.2) is 4.98 Å². The van der Waals surface area contributed by atoms with Crippen molar-refractivity contribution in [2.24, 2.45) is 5.41 Å². The molecule has 0 bridgehead atoms. The number of amides is 2. The zero-order chi connectivity index (χ0) is 34.7. The van der Waals surface area contributed by atoms with Crippen molar-refractivity contribution in [3.63, 3.8) is 0 Å². The molecule has 2 aliphatic heterocycles. The average Bonchev–Trinajstić information content (AvgIpc) is 3.61. The highest BCUT2D eigenvalue weighted by Crippen LogP contribution is 2.41. The highest BCUT2D eigenvalue weighted by atomic mass is 35.5. The van der Waals surface area contributed by atoms with Gasteiger partial charge < -0.3 is 31.0 Å². The highest BCUT2D eigenvalue weighted by Gasteiger charge is 2.38. The third-order valence-corrected chi connectivity index (χ3v) is 9.69. The summed E-state index contributed by atoms with van der Waals surface area (Å²) < 4.78 is 5.56. The molecule has 2 aliphatic rings. The van der Waals surface area contributed by atoms with Crippen molar-refractivity contribution >= 4 is 35.0 Å². The summed E-state index contributed by atoms with van der Waals surface area (Å²) in [6.07, 6.45) is 5.31. The minimum Gasteiger partial charge on any atom is -0.480 e. The van der Waals surface area contributed by atoms with E-state index in [1.54, 1.807) is 12.4 Å². The third-order valence-electron chi connectivity index (χ3n) is 8.88. The number of aromatic amines is 1. The van der Waals surface area contributed by atoms with E-state index < -0.39 is 5.41 Å². The molecule has 49 heavy (non-hydrogen) atoms. The van der Waals surface area contributed by atoms with Crippen LogP contribution in [-0.2, 0) is 22.7 Å². The minimum absolute atomic E-state index is 0.00212. The SMILES string of the molecule is COc1nc(-c2cccc(-c3cccc(-c4cnc(CNCC5CC(C)(C)C(=O)N5)c(=O)[nH]4)c3Cl)c2Cl)cnc1CNCC1CCC(=O)N1. The molecule has 0 radical (unpaired) electrons. The van der Waals surface area contributed by atoms with Gasteiger partial charge in [0.2, 0.25) is 17.7 Å². The minimum atomic E-state index is -0.397. The van der Waals surface area contributed by atoms with E-state index in [-0.39, 0.29) is 36.0 Å². The second kappa shape index (κ2) is 14.6. The van der Waals surface area contributed by atoms with Crippen LogP contribution in [0.1, 0.15) is 44.5 Å². The van der Waals surface area contributed by atoms with Crippen LogP contribution in [0.4, 0.5) is 0 Å². The number of benzene rings is 2. The van der Waals surface area contributed by atoms with E-state index in [1.807, 2.05) is 50.2 Å². The lowest BCUT2D eigenvalue weighted by Crippen LogP contribution is -2.36. The van der Waals surface area contributed by atoms with Crippen molar-refractivity contribution in [1.29, 1.82) is 0 Å². The van der Waals surface area contributed by atoms with Crippen LogP contribution in [0, 0.1) is 5.41 Å². The maximum atomic E-state index is 13.0. The van der Waals surface area contributed by atoms with Crippen LogP contribution in [0.3, 0.4) is 0 Å². The number of aromatic nitrogens is 4. The summed E-state index contributed by atoms with van der Waals surface area (Å²) in [5, 5.41) is 13.3. The van der Waals surface area contributed by atoms with Gasteiger partial charge in [0.1, 0.15) is 11.4 Å². The first-order valence-electron chi connectivity index (χ1n) is 16.1. The van der Waals surface area contributed by atoms with Crippen LogP contribution < -0.4 is 31.6 Å². The van der Waals surface area contributed by atoms with E-state index in [2.05, 4.69) is 36.2 Å². The molecular formula is C35H38Cl2N8O4. The van der Waals surface area contributed by atoms with Crippen LogP contribution in [0.15, 0.2) is 53.6 Å². The van der Waals surface area contributed by atoms with Gasteiger partial charge in [-0.2, -0.15) is 0 Å². The molecule has 14 heteroatoms. The monoisotopic (exact) mass is 704 g/mol. The van der Waals surface area contributed by atoms with Crippen LogP contribution >= 0.6 is 23.2 Å². The number of nitrogens with zero attached hydrogens (tertiary/aromatic N) is 3. The maximum Gasteiger partial charge on any atom is 0.271 e. The second-order valence-electron chi connectivity index (χ2n) is 12.9. The van der Waals surface area contributed by atoms with Crippen LogP contribution in [0.25, 0.3) is 33.6 Å². The largest absolute Gasteiger partial charge is 0.480 e. The molecule has 2 aromatic carbocycles. The third kappa shape index (κ3) is 7.62. The normalized spacial score (nSPS) is 18.4. The molecule has 2 saturated heterocycles. The molecule has 5 N–H and O–H groups in total. The topological polar surface area (TPSA) is 163 Å². The Bertz CT molecular complexity index is 1950. The number of rotatable bonds is 12. The maximum absolute atomic E-state index is 13.0. The van der Waals surface area contributed by atoms with Gasteiger partial charge in [-0.1, -0.05) is 73.4 Å². The molecule has 2 amide bonds. The standard InChI is InChI=1S/C35H38Cl2N8O4/c1-35(2)12-20(43-34(35)48)14-39-15-27-32(47)44-25(17-40-27)23-8-4-6-21(30(23)36)22-7-5-9-24(31(22)37)26-18-41-28(33(45-26)49-3)16-38-13-19-10-11-29(46)42-19/h4-9,17-20,38-39H,10-16H2,1-3H3,(H,42,46)(H,43,48)(H,44,47). The first kappa shape index (κ1) is 34.5. The van der Waals surface area contributed by atoms with E-state index in [9.17, 15) is 14.4 Å². The van der Waals surface area contributed by atoms with E-state index in [4.69, 9.17) is 32.9 Å². The number of carbonyl (C=O) groups excluding carboxylic acids is 2. The number of ether oxygens (including phenoxy) is 1. The van der Waals surface area contributed by atoms with Crippen LogP contribution in [-0.4, -0.2) is 64.0 Å². The van der Waals surface area contributed by atoms with Gasteiger partial charge in [0.25, 0.3) is 5.56 Å². The number of hydrogen-bond donors (Lipinski definition) is 5. The molecule has 2 atom stereocenters. The lowest BCUT2D eigenvalue weighted by Gasteiger charge is -2.15. The Morgan fingerprint density at radius 1 is 0.857 bits per heavy atom. The number of hydrogen-bond acceptors (Lipinski definition) is 9. The summed E-state index contributed by atoms with van der Waals surface area (Å²) in [5.74, 6) is 0.474. The van der Waals surface area contributed by atoms with Crippen molar-refractivity contribution < 1.29 is 14.3 Å². The van der Waals surface area contributed by atoms with Gasteiger partial charge in [0.15, 0.2) is 0 Å². The summed E-state index contributed by atoms with van der Waals surface area (Å²) >= 11 is 14.0. The molecule has 4 heterocycles. The Hall–Kier alpha value is -4.36. The fourth-order valence-electron chi connectivity index (χ4n) is 6.21. The molecule has 12 nitrogen and oxygen atoms in total. The quantitative estimate of drug-likeness (QED) is 0.145. The smallest absolute Gasteiger partial charge is 0.271 e. The Labute approximate surface area is 293 Å². The number of halogens is 2. The molecule has 6 rings (SSSR count). The highest BCUT2D eigenvalue weighted by molar-refractivity contribution is 6.39. The van der Waals surface area contributed by atoms with Crippen LogP contribution in [0.5, 0.6) is 5.88 Å². The number of carbonyl (C=O) groups is 2. The Kier molecular flexibility index (Phi) is 10.3. The van der Waals surface area contributed by atoms with Crippen molar-refractivity contribution in [3.05, 3.63) is 80.6 Å². The lowest BCUT2D eigenvalue weighted by atomic mass is 9.90. The average molecular weight is 706 g/mol. The molecule has 4 aromatic rings. The van der Waals surface area contributed by atoms with Gasteiger partial charge in [0.05, 0.1) is 40.9 Å². The zero-order valence-corrected chi connectivity index (χ0v) is 29.0. The van der Waals surface area contributed by atoms with Crippen molar-refractivity contribution in [1.82, 2.24) is 41.2 Å². The fourth-order valence-corrected chi connectivity index (χ4v) is 6.87. The predicted octanol–water partition coefficient (Wildman–Crippen LogP) is 4.25. The Morgan fingerprint density at radius 3 is 2.12 bits per heavy atom. The number of methoxy groups -OCH3 is 1. The number of nitrogens with one attached hydrogen (secondary N) is 5. The molecule has 256 valence electrons. The molecule has 2 unspecified atom stereocenters. The van der Waals surface area contributed by atoms with Gasteiger partial charge in [-0.3, -0.25) is 24.4 Å². The Morgan fingerprint density at radius 2 is 1.49 bits per heavy atom. The Balaban J connectivity index is 1.17. The van der Waals surface area contributed by atoms with Gasteiger partial charge in [-0.15, -0.1) is 0 Å². The fraction of sp³-hybridized carbons (Fsp3) is 0.371. The molecule has 2 fully saturated rings. The summed E-state index contributed by atoms with van der Waals surface area (Å²) in [4.78, 5) is 53.2. The van der Waals surface area contributed by atoms with Crippen molar-refractivity contribution in [2.45, 2.75) is 58.3 Å².